The highest BCUT2D eigenvalue weighted by Gasteiger charge is 2.32. The van der Waals surface area contributed by atoms with Gasteiger partial charge < -0.3 is 10.1 Å². The van der Waals surface area contributed by atoms with Crippen molar-refractivity contribution in [1.82, 2.24) is 10.2 Å². The number of nitrogens with zero attached hydrogens (tertiary/aromatic N) is 1. The molecule has 2 fully saturated rings. The Morgan fingerprint density at radius 2 is 2.33 bits per heavy atom. The maximum atomic E-state index is 6.07. The molecule has 3 nitrogen and oxygen atoms in total. The molecule has 4 rings (SSSR count). The van der Waals surface area contributed by atoms with Gasteiger partial charge >= 0.3 is 0 Å². The minimum absolute atomic E-state index is 0.367. The molecular weight excluding hydrogens is 348 g/mol. The van der Waals surface area contributed by atoms with Crippen LogP contribution < -0.4 is 5.32 Å². The van der Waals surface area contributed by atoms with Gasteiger partial charge in [0.05, 0.1) is 16.5 Å². The summed E-state index contributed by atoms with van der Waals surface area (Å²) in [4.78, 5) is 4.19. The summed E-state index contributed by atoms with van der Waals surface area (Å²) in [5.74, 6) is 0. The van der Waals surface area contributed by atoms with Crippen molar-refractivity contribution in [3.63, 3.8) is 0 Å². The molecule has 5 heteroatoms. The second-order valence-electron chi connectivity index (χ2n) is 6.53. The van der Waals surface area contributed by atoms with Gasteiger partial charge in [-0.3, -0.25) is 4.90 Å². The van der Waals surface area contributed by atoms with E-state index in [1.165, 1.54) is 48.0 Å². The van der Waals surface area contributed by atoms with E-state index < -0.39 is 0 Å². The molecule has 0 bridgehead atoms. The SMILES string of the molecule is Brc1cc2c(s1)CCCC2NCC1CN2CCCC2CO1. The monoisotopic (exact) mass is 370 g/mol. The number of hydrogen-bond donors (Lipinski definition) is 1. The Morgan fingerprint density at radius 3 is 3.29 bits per heavy atom. The van der Waals surface area contributed by atoms with Crippen LogP contribution in [0, 0.1) is 0 Å². The molecular formula is C16H23BrN2OS. The van der Waals surface area contributed by atoms with E-state index >= 15 is 0 Å². The number of fused-ring (bicyclic) bond motifs is 2. The molecule has 3 atom stereocenters. The van der Waals surface area contributed by atoms with E-state index in [-0.39, 0.29) is 0 Å². The topological polar surface area (TPSA) is 24.5 Å². The van der Waals surface area contributed by atoms with Crippen molar-refractivity contribution in [2.24, 2.45) is 0 Å². The van der Waals surface area contributed by atoms with E-state index in [9.17, 15) is 0 Å². The molecule has 1 N–H and O–H groups in total. The molecule has 3 aliphatic rings. The van der Waals surface area contributed by atoms with Gasteiger partial charge in [-0.25, -0.2) is 0 Å². The third-order valence-electron chi connectivity index (χ3n) is 5.14. The smallest absolute Gasteiger partial charge is 0.0827 e. The summed E-state index contributed by atoms with van der Waals surface area (Å²) >= 11 is 5.54. The van der Waals surface area contributed by atoms with Gasteiger partial charge in [0.1, 0.15) is 0 Å². The summed E-state index contributed by atoms with van der Waals surface area (Å²) in [5.41, 5.74) is 1.52. The van der Waals surface area contributed by atoms with Gasteiger partial charge in [0, 0.05) is 30.1 Å². The summed E-state index contributed by atoms with van der Waals surface area (Å²) < 4.78 is 7.34. The van der Waals surface area contributed by atoms with Gasteiger partial charge in [0.2, 0.25) is 0 Å². The predicted octanol–water partition coefficient (Wildman–Crippen LogP) is 3.34. The minimum Gasteiger partial charge on any atom is -0.374 e. The first-order chi connectivity index (χ1) is 10.3. The van der Waals surface area contributed by atoms with Crippen LogP contribution in [0.25, 0.3) is 0 Å². The highest BCUT2D eigenvalue weighted by molar-refractivity contribution is 9.11. The highest BCUT2D eigenvalue weighted by atomic mass is 79.9. The van der Waals surface area contributed by atoms with Crippen molar-refractivity contribution in [2.75, 3.05) is 26.2 Å². The molecule has 1 aromatic rings. The van der Waals surface area contributed by atoms with Gasteiger partial charge in [-0.2, -0.15) is 0 Å². The molecule has 0 saturated carbocycles. The Balaban J connectivity index is 1.35. The Labute approximate surface area is 139 Å². The standard InChI is InChI=1S/C16H23BrN2OS/c17-16-7-13-14(4-1-5-15(13)21-16)18-8-12-9-19-6-2-3-11(19)10-20-12/h7,11-12,14,18H,1-6,8-10H2. The Bertz CT molecular complexity index is 506. The molecule has 1 aliphatic carbocycles. The summed E-state index contributed by atoms with van der Waals surface area (Å²) in [7, 11) is 0. The minimum atomic E-state index is 0.367. The van der Waals surface area contributed by atoms with E-state index in [0.29, 0.717) is 18.2 Å². The molecule has 116 valence electrons. The number of nitrogens with one attached hydrogen (secondary N) is 1. The zero-order valence-electron chi connectivity index (χ0n) is 12.3. The maximum Gasteiger partial charge on any atom is 0.0827 e. The molecule has 0 amide bonds. The predicted molar refractivity (Wildman–Crippen MR) is 90.0 cm³/mol. The lowest BCUT2D eigenvalue weighted by Gasteiger charge is -2.36. The third kappa shape index (κ3) is 3.08. The summed E-state index contributed by atoms with van der Waals surface area (Å²) in [5, 5.41) is 3.77. The molecule has 1 aromatic heterocycles. The van der Waals surface area contributed by atoms with Crippen LogP contribution in [0.5, 0.6) is 0 Å². The van der Waals surface area contributed by atoms with Crippen molar-refractivity contribution in [3.8, 4) is 0 Å². The van der Waals surface area contributed by atoms with Gasteiger partial charge in [0.25, 0.3) is 0 Å². The number of halogens is 1. The van der Waals surface area contributed by atoms with Gasteiger partial charge in [0.15, 0.2) is 0 Å². The first-order valence-corrected chi connectivity index (χ1v) is 9.77. The van der Waals surface area contributed by atoms with E-state index in [1.807, 2.05) is 11.3 Å². The molecule has 2 aliphatic heterocycles. The van der Waals surface area contributed by atoms with E-state index in [4.69, 9.17) is 4.74 Å². The van der Waals surface area contributed by atoms with Crippen molar-refractivity contribution >= 4 is 27.3 Å². The number of thiophene rings is 1. The quantitative estimate of drug-likeness (QED) is 0.882. The van der Waals surface area contributed by atoms with Crippen LogP contribution in [0.2, 0.25) is 0 Å². The molecule has 21 heavy (non-hydrogen) atoms. The molecule has 2 saturated heterocycles. The fourth-order valence-corrected chi connectivity index (χ4v) is 5.84. The van der Waals surface area contributed by atoms with Gasteiger partial charge in [-0.05, 0) is 66.2 Å². The van der Waals surface area contributed by atoms with Crippen LogP contribution in [0.15, 0.2) is 9.85 Å². The van der Waals surface area contributed by atoms with Crippen LogP contribution in [0.1, 0.15) is 42.2 Å². The number of hydrogen-bond acceptors (Lipinski definition) is 4. The zero-order chi connectivity index (χ0) is 14.2. The van der Waals surface area contributed by atoms with Crippen LogP contribution >= 0.6 is 27.3 Å². The van der Waals surface area contributed by atoms with E-state index in [0.717, 1.165) is 19.7 Å². The van der Waals surface area contributed by atoms with Crippen molar-refractivity contribution in [2.45, 2.75) is 50.3 Å². The lowest BCUT2D eigenvalue weighted by atomic mass is 9.94. The molecule has 0 aromatic carbocycles. The molecule has 0 spiro atoms. The summed E-state index contributed by atoms with van der Waals surface area (Å²) in [6, 6.07) is 3.54. The second kappa shape index (κ2) is 6.28. The van der Waals surface area contributed by atoms with Gasteiger partial charge in [-0.15, -0.1) is 11.3 Å². The molecule has 3 unspecified atom stereocenters. The van der Waals surface area contributed by atoms with Crippen LogP contribution in [0.3, 0.4) is 0 Å². The number of ether oxygens (including phenoxy) is 1. The first kappa shape index (κ1) is 14.6. The largest absolute Gasteiger partial charge is 0.374 e. The van der Waals surface area contributed by atoms with Crippen molar-refractivity contribution < 1.29 is 4.74 Å². The van der Waals surface area contributed by atoms with E-state index in [1.54, 1.807) is 4.88 Å². The van der Waals surface area contributed by atoms with Crippen molar-refractivity contribution in [1.29, 1.82) is 0 Å². The summed E-state index contributed by atoms with van der Waals surface area (Å²) in [6.07, 6.45) is 6.86. The fourth-order valence-electron chi connectivity index (χ4n) is 4.02. The van der Waals surface area contributed by atoms with Crippen LogP contribution in [0.4, 0.5) is 0 Å². The van der Waals surface area contributed by atoms with Crippen LogP contribution in [-0.2, 0) is 11.2 Å². The van der Waals surface area contributed by atoms with Gasteiger partial charge in [-0.1, -0.05) is 0 Å². The average molecular weight is 371 g/mol. The second-order valence-corrected chi connectivity index (χ2v) is 9.04. The van der Waals surface area contributed by atoms with Crippen LogP contribution in [-0.4, -0.2) is 43.3 Å². The summed E-state index contributed by atoms with van der Waals surface area (Å²) in [6.45, 7) is 4.31. The molecule has 0 radical (unpaired) electrons. The third-order valence-corrected chi connectivity index (χ3v) is 6.85. The Morgan fingerprint density at radius 1 is 1.38 bits per heavy atom. The number of aryl methyl sites for hydroxylation is 1. The highest BCUT2D eigenvalue weighted by Crippen LogP contribution is 2.38. The van der Waals surface area contributed by atoms with Crippen molar-refractivity contribution in [3.05, 3.63) is 20.3 Å². The van der Waals surface area contributed by atoms with E-state index in [2.05, 4.69) is 32.2 Å². The fraction of sp³-hybridized carbons (Fsp3) is 0.750. The average Bonchev–Trinajstić information content (AvgIpc) is 3.09. The molecule has 3 heterocycles. The zero-order valence-corrected chi connectivity index (χ0v) is 14.7. The maximum absolute atomic E-state index is 6.07. The first-order valence-electron chi connectivity index (χ1n) is 8.17. The lowest BCUT2D eigenvalue weighted by molar-refractivity contribution is -0.0480. The normalized spacial score (nSPS) is 32.9. The lowest BCUT2D eigenvalue weighted by Crippen LogP contribution is -2.49. The Kier molecular flexibility index (Phi) is 4.38. The number of rotatable bonds is 3. The Hall–Kier alpha value is 0.0600. The number of morpholine rings is 1.